The van der Waals surface area contributed by atoms with Crippen molar-refractivity contribution in [2.45, 2.75) is 33.1 Å². The predicted molar refractivity (Wildman–Crippen MR) is 84.5 cm³/mol. The molecule has 2 N–H and O–H groups in total. The Balaban J connectivity index is 1.96. The Kier molecular flexibility index (Phi) is 5.53. The van der Waals surface area contributed by atoms with Crippen LogP contribution in [0.25, 0.3) is 10.9 Å². The number of phenols is 1. The molecule has 2 aromatic rings. The Morgan fingerprint density at radius 3 is 2.86 bits per heavy atom. The quantitative estimate of drug-likeness (QED) is 0.764. The summed E-state index contributed by atoms with van der Waals surface area (Å²) >= 11 is 0. The van der Waals surface area contributed by atoms with Gasteiger partial charge in [-0.25, -0.2) is 0 Å². The van der Waals surface area contributed by atoms with Gasteiger partial charge in [-0.2, -0.15) is 5.06 Å². The van der Waals surface area contributed by atoms with Gasteiger partial charge in [0.2, 0.25) is 0 Å². The molecule has 1 atom stereocenters. The Bertz CT molecular complexity index is 586. The second-order valence-corrected chi connectivity index (χ2v) is 5.67. The Morgan fingerprint density at radius 2 is 2.10 bits per heavy atom. The minimum Gasteiger partial charge on any atom is -0.508 e. The molecule has 21 heavy (non-hydrogen) atoms. The molecule has 0 aliphatic heterocycles. The maximum absolute atomic E-state index is 9.63. The van der Waals surface area contributed by atoms with Crippen LogP contribution in [-0.2, 0) is 6.42 Å². The molecule has 0 aliphatic rings. The van der Waals surface area contributed by atoms with Gasteiger partial charge in [0.15, 0.2) is 0 Å². The highest BCUT2D eigenvalue weighted by Gasteiger charge is 2.08. The third-order valence-corrected chi connectivity index (χ3v) is 3.85. The zero-order valence-electron chi connectivity index (χ0n) is 12.8. The fourth-order valence-corrected chi connectivity index (χ4v) is 2.63. The van der Waals surface area contributed by atoms with E-state index in [1.54, 1.807) is 12.1 Å². The van der Waals surface area contributed by atoms with E-state index in [1.807, 2.05) is 25.3 Å². The number of hydrogen-bond acceptors (Lipinski definition) is 4. The first-order valence-electron chi connectivity index (χ1n) is 7.60. The Morgan fingerprint density at radius 1 is 1.29 bits per heavy atom. The van der Waals surface area contributed by atoms with Crippen LogP contribution in [0.4, 0.5) is 0 Å². The van der Waals surface area contributed by atoms with Crippen LogP contribution in [0.2, 0.25) is 0 Å². The molecule has 0 saturated heterocycles. The van der Waals surface area contributed by atoms with Crippen molar-refractivity contribution in [2.75, 3.05) is 13.1 Å². The maximum atomic E-state index is 9.63. The number of aryl methyl sites for hydroxylation is 1. The largest absolute Gasteiger partial charge is 0.508 e. The highest BCUT2D eigenvalue weighted by Crippen LogP contribution is 2.23. The molecule has 4 heteroatoms. The third kappa shape index (κ3) is 4.41. The minimum absolute atomic E-state index is 0.281. The number of benzene rings is 1. The summed E-state index contributed by atoms with van der Waals surface area (Å²) in [6, 6.07) is 7.33. The summed E-state index contributed by atoms with van der Waals surface area (Å²) < 4.78 is 0. The number of phenolic OH excluding ortho intramolecular Hbond substituents is 1. The molecular weight excluding hydrogens is 264 g/mol. The van der Waals surface area contributed by atoms with Crippen molar-refractivity contribution in [3.05, 3.63) is 36.0 Å². The smallest absolute Gasteiger partial charge is 0.116 e. The van der Waals surface area contributed by atoms with Gasteiger partial charge < -0.3 is 10.3 Å². The number of hydrogen-bond donors (Lipinski definition) is 2. The zero-order chi connectivity index (χ0) is 15.2. The molecule has 0 amide bonds. The van der Waals surface area contributed by atoms with Gasteiger partial charge in [0, 0.05) is 24.7 Å². The minimum atomic E-state index is 0.281. The van der Waals surface area contributed by atoms with Crippen molar-refractivity contribution < 1.29 is 10.3 Å². The molecule has 2 rings (SSSR count). The van der Waals surface area contributed by atoms with Crippen molar-refractivity contribution >= 4 is 10.9 Å². The topological polar surface area (TPSA) is 56.6 Å². The van der Waals surface area contributed by atoms with Gasteiger partial charge >= 0.3 is 0 Å². The molecule has 0 spiro atoms. The fourth-order valence-electron chi connectivity index (χ4n) is 2.63. The molecule has 0 saturated carbocycles. The monoisotopic (exact) mass is 288 g/mol. The summed E-state index contributed by atoms with van der Waals surface area (Å²) in [5.41, 5.74) is 2.14. The number of pyridine rings is 1. The molecule has 0 aliphatic carbocycles. The number of rotatable bonds is 7. The summed E-state index contributed by atoms with van der Waals surface area (Å²) in [6.07, 6.45) is 4.92. The summed E-state index contributed by atoms with van der Waals surface area (Å²) in [4.78, 5) is 4.33. The normalized spacial score (nSPS) is 13.0. The lowest BCUT2D eigenvalue weighted by Gasteiger charge is -2.17. The zero-order valence-corrected chi connectivity index (χ0v) is 12.8. The van der Waals surface area contributed by atoms with Crippen molar-refractivity contribution in [2.24, 2.45) is 5.92 Å². The standard InChI is InChI=1S/C17H24N2O2/c1-3-19(21)12-13(2)5-4-6-14-9-10-18-17-8-7-15(20)11-16(14)17/h7-11,13,20-21H,3-6,12H2,1-2H3. The SMILES string of the molecule is CCN(O)CC(C)CCCc1ccnc2ccc(O)cc12. The van der Waals surface area contributed by atoms with Gasteiger partial charge in [0.25, 0.3) is 0 Å². The first-order chi connectivity index (χ1) is 10.1. The molecule has 4 nitrogen and oxygen atoms in total. The molecule has 1 aromatic carbocycles. The second-order valence-electron chi connectivity index (χ2n) is 5.67. The molecule has 1 heterocycles. The van der Waals surface area contributed by atoms with Gasteiger partial charge in [0.05, 0.1) is 5.52 Å². The lowest BCUT2D eigenvalue weighted by Crippen LogP contribution is -2.24. The van der Waals surface area contributed by atoms with Crippen molar-refractivity contribution in [1.82, 2.24) is 10.0 Å². The van der Waals surface area contributed by atoms with E-state index in [4.69, 9.17) is 0 Å². The highest BCUT2D eigenvalue weighted by atomic mass is 16.5. The summed E-state index contributed by atoms with van der Waals surface area (Å²) in [6.45, 7) is 5.49. The predicted octanol–water partition coefficient (Wildman–Crippen LogP) is 3.61. The first kappa shape index (κ1) is 15.7. The summed E-state index contributed by atoms with van der Waals surface area (Å²) in [7, 11) is 0. The van der Waals surface area contributed by atoms with Gasteiger partial charge in [-0.15, -0.1) is 0 Å². The van der Waals surface area contributed by atoms with Crippen LogP contribution >= 0.6 is 0 Å². The van der Waals surface area contributed by atoms with E-state index in [0.717, 1.165) is 30.2 Å². The van der Waals surface area contributed by atoms with Crippen LogP contribution in [-0.4, -0.2) is 33.5 Å². The van der Waals surface area contributed by atoms with Crippen LogP contribution in [0.15, 0.2) is 30.5 Å². The van der Waals surface area contributed by atoms with Crippen molar-refractivity contribution in [3.8, 4) is 5.75 Å². The maximum Gasteiger partial charge on any atom is 0.116 e. The van der Waals surface area contributed by atoms with Crippen LogP contribution in [0, 0.1) is 5.92 Å². The molecule has 114 valence electrons. The number of aromatic hydroxyl groups is 1. The second kappa shape index (κ2) is 7.38. The molecular formula is C17H24N2O2. The van der Waals surface area contributed by atoms with E-state index >= 15 is 0 Å². The average molecular weight is 288 g/mol. The van der Waals surface area contributed by atoms with Gasteiger partial charge in [-0.1, -0.05) is 13.8 Å². The van der Waals surface area contributed by atoms with Gasteiger partial charge in [0.1, 0.15) is 5.75 Å². The molecule has 0 bridgehead atoms. The van der Waals surface area contributed by atoms with Gasteiger partial charge in [-0.05, 0) is 55.0 Å². The van der Waals surface area contributed by atoms with Crippen molar-refractivity contribution in [3.63, 3.8) is 0 Å². The number of aromatic nitrogens is 1. The van der Waals surface area contributed by atoms with E-state index in [0.29, 0.717) is 19.0 Å². The van der Waals surface area contributed by atoms with E-state index < -0.39 is 0 Å². The van der Waals surface area contributed by atoms with Crippen LogP contribution in [0.3, 0.4) is 0 Å². The van der Waals surface area contributed by atoms with Crippen LogP contribution < -0.4 is 0 Å². The van der Waals surface area contributed by atoms with E-state index in [-0.39, 0.29) is 5.75 Å². The van der Waals surface area contributed by atoms with E-state index in [1.165, 1.54) is 10.6 Å². The lowest BCUT2D eigenvalue weighted by atomic mass is 9.99. The van der Waals surface area contributed by atoms with E-state index in [2.05, 4.69) is 11.9 Å². The summed E-state index contributed by atoms with van der Waals surface area (Å²) in [5, 5.41) is 21.5. The van der Waals surface area contributed by atoms with Crippen LogP contribution in [0.5, 0.6) is 5.75 Å². The molecule has 1 unspecified atom stereocenters. The number of fused-ring (bicyclic) bond motifs is 1. The first-order valence-corrected chi connectivity index (χ1v) is 7.60. The Labute approximate surface area is 126 Å². The van der Waals surface area contributed by atoms with Gasteiger partial charge in [-0.3, -0.25) is 4.98 Å². The third-order valence-electron chi connectivity index (χ3n) is 3.85. The molecule has 0 fully saturated rings. The average Bonchev–Trinajstić information content (AvgIpc) is 2.47. The molecule has 0 radical (unpaired) electrons. The Hall–Kier alpha value is -1.65. The fraction of sp³-hybridized carbons (Fsp3) is 0.471. The van der Waals surface area contributed by atoms with E-state index in [9.17, 15) is 10.3 Å². The van der Waals surface area contributed by atoms with Crippen LogP contribution in [0.1, 0.15) is 32.3 Å². The summed E-state index contributed by atoms with van der Waals surface area (Å²) in [5.74, 6) is 0.750. The molecule has 1 aromatic heterocycles. The lowest BCUT2D eigenvalue weighted by molar-refractivity contribution is -0.0959. The van der Waals surface area contributed by atoms with Crippen molar-refractivity contribution in [1.29, 1.82) is 0 Å². The number of nitrogens with zero attached hydrogens (tertiary/aromatic N) is 2. The number of hydroxylamine groups is 2. The highest BCUT2D eigenvalue weighted by molar-refractivity contribution is 5.83.